The summed E-state index contributed by atoms with van der Waals surface area (Å²) in [7, 11) is -4.11. The molecular formula is C11H16O3S. The van der Waals surface area contributed by atoms with Gasteiger partial charge in [0.15, 0.2) is 0 Å². The van der Waals surface area contributed by atoms with Gasteiger partial charge in [-0.15, -0.1) is 0 Å². The van der Waals surface area contributed by atoms with E-state index in [4.69, 9.17) is 4.55 Å². The summed E-state index contributed by atoms with van der Waals surface area (Å²) >= 11 is 0. The van der Waals surface area contributed by atoms with Gasteiger partial charge in [-0.2, -0.15) is 8.42 Å². The summed E-state index contributed by atoms with van der Waals surface area (Å²) in [4.78, 5) is 0.0300. The van der Waals surface area contributed by atoms with Crippen LogP contribution in [0.1, 0.15) is 29.2 Å². The lowest BCUT2D eigenvalue weighted by Crippen LogP contribution is -2.06. The van der Waals surface area contributed by atoms with Gasteiger partial charge in [-0.1, -0.05) is 6.92 Å². The van der Waals surface area contributed by atoms with Crippen LogP contribution in [0.2, 0.25) is 0 Å². The number of aryl methyl sites for hydroxylation is 1. The maximum absolute atomic E-state index is 11.1. The van der Waals surface area contributed by atoms with E-state index >= 15 is 0 Å². The molecule has 1 N–H and O–H groups in total. The van der Waals surface area contributed by atoms with Gasteiger partial charge < -0.3 is 0 Å². The molecule has 3 nitrogen and oxygen atoms in total. The van der Waals surface area contributed by atoms with Crippen molar-refractivity contribution in [3.63, 3.8) is 0 Å². The van der Waals surface area contributed by atoms with Crippen molar-refractivity contribution in [1.82, 2.24) is 0 Å². The molecule has 0 saturated heterocycles. The molecule has 0 spiro atoms. The van der Waals surface area contributed by atoms with E-state index in [1.807, 2.05) is 20.8 Å². The smallest absolute Gasteiger partial charge is 0.282 e. The number of hydrogen-bond donors (Lipinski definition) is 1. The fourth-order valence-corrected chi connectivity index (χ4v) is 2.72. The zero-order chi connectivity index (χ0) is 11.8. The zero-order valence-electron chi connectivity index (χ0n) is 9.46. The molecule has 1 rings (SSSR count). The van der Waals surface area contributed by atoms with Crippen LogP contribution in [0.5, 0.6) is 0 Å². The van der Waals surface area contributed by atoms with Crippen molar-refractivity contribution < 1.29 is 13.0 Å². The van der Waals surface area contributed by atoms with E-state index in [0.717, 1.165) is 23.1 Å². The van der Waals surface area contributed by atoms with Gasteiger partial charge in [-0.3, -0.25) is 4.55 Å². The van der Waals surface area contributed by atoms with E-state index in [9.17, 15) is 8.42 Å². The predicted molar refractivity (Wildman–Crippen MR) is 59.8 cm³/mol. The highest BCUT2D eigenvalue weighted by Gasteiger charge is 2.17. The first-order valence-corrected chi connectivity index (χ1v) is 6.30. The molecule has 0 unspecified atom stereocenters. The van der Waals surface area contributed by atoms with Crippen molar-refractivity contribution in [3.05, 3.63) is 28.3 Å². The van der Waals surface area contributed by atoms with Crippen LogP contribution in [0.4, 0.5) is 0 Å². The number of hydrogen-bond acceptors (Lipinski definition) is 2. The first kappa shape index (κ1) is 12.2. The summed E-state index contributed by atoms with van der Waals surface area (Å²) in [6.07, 6.45) is 0.766. The van der Waals surface area contributed by atoms with Crippen LogP contribution in [-0.2, 0) is 16.5 Å². The first-order valence-electron chi connectivity index (χ1n) is 4.86. The second-order valence-corrected chi connectivity index (χ2v) is 5.14. The maximum Gasteiger partial charge on any atom is 0.294 e. The molecular weight excluding hydrogens is 212 g/mol. The molecule has 0 radical (unpaired) electrons. The fourth-order valence-electron chi connectivity index (χ4n) is 1.88. The average Bonchev–Trinajstić information content (AvgIpc) is 2.10. The van der Waals surface area contributed by atoms with Gasteiger partial charge in [0, 0.05) is 0 Å². The summed E-state index contributed by atoms with van der Waals surface area (Å²) < 4.78 is 31.4. The molecule has 0 heterocycles. The number of benzene rings is 1. The molecule has 0 aliphatic carbocycles. The lowest BCUT2D eigenvalue weighted by atomic mass is 9.97. The lowest BCUT2D eigenvalue weighted by molar-refractivity contribution is 0.482. The maximum atomic E-state index is 11.1. The Morgan fingerprint density at radius 3 is 2.13 bits per heavy atom. The summed E-state index contributed by atoms with van der Waals surface area (Å²) in [6, 6.07) is 1.53. The molecule has 0 bridgehead atoms. The highest BCUT2D eigenvalue weighted by molar-refractivity contribution is 7.85. The second kappa shape index (κ2) is 3.94. The molecule has 15 heavy (non-hydrogen) atoms. The Morgan fingerprint density at radius 1 is 1.20 bits per heavy atom. The second-order valence-electron chi connectivity index (χ2n) is 3.75. The van der Waals surface area contributed by atoms with Crippen LogP contribution >= 0.6 is 0 Å². The highest BCUT2D eigenvalue weighted by atomic mass is 32.2. The Morgan fingerprint density at radius 2 is 1.73 bits per heavy atom. The third kappa shape index (κ3) is 2.21. The van der Waals surface area contributed by atoms with Crippen molar-refractivity contribution >= 4 is 10.1 Å². The third-order valence-corrected chi connectivity index (χ3v) is 3.83. The van der Waals surface area contributed by atoms with Gasteiger partial charge in [0.05, 0.1) is 4.90 Å². The molecule has 4 heteroatoms. The summed E-state index contributed by atoms with van der Waals surface area (Å²) in [6.45, 7) is 7.52. The minimum atomic E-state index is -4.11. The Kier molecular flexibility index (Phi) is 3.21. The Bertz CT molecular complexity index is 487. The molecule has 0 fully saturated rings. The monoisotopic (exact) mass is 228 g/mol. The standard InChI is InChI=1S/C11H16O3S/c1-5-10-8(3)7(2)6-11(9(10)4)15(12,13)14/h6H,5H2,1-4H3,(H,12,13,14). The third-order valence-electron chi connectivity index (χ3n) is 2.85. The van der Waals surface area contributed by atoms with Crippen molar-refractivity contribution in [2.75, 3.05) is 0 Å². The fraction of sp³-hybridized carbons (Fsp3) is 0.455. The van der Waals surface area contributed by atoms with E-state index in [0.29, 0.717) is 5.56 Å². The first-order chi connectivity index (χ1) is 6.79. The lowest BCUT2D eigenvalue weighted by Gasteiger charge is -2.13. The molecule has 84 valence electrons. The summed E-state index contributed by atoms with van der Waals surface area (Å²) in [5, 5.41) is 0. The van der Waals surface area contributed by atoms with Crippen LogP contribution in [0, 0.1) is 20.8 Å². The molecule has 1 aromatic carbocycles. The Hall–Kier alpha value is -0.870. The number of rotatable bonds is 2. The minimum Gasteiger partial charge on any atom is -0.282 e. The largest absolute Gasteiger partial charge is 0.294 e. The van der Waals surface area contributed by atoms with Gasteiger partial charge in [0.25, 0.3) is 10.1 Å². The Balaban J connectivity index is 3.66. The highest BCUT2D eigenvalue weighted by Crippen LogP contribution is 2.25. The van der Waals surface area contributed by atoms with Crippen LogP contribution in [0.3, 0.4) is 0 Å². The van der Waals surface area contributed by atoms with E-state index in [2.05, 4.69) is 0 Å². The predicted octanol–water partition coefficient (Wildman–Crippen LogP) is 2.42. The molecule has 0 aromatic heterocycles. The van der Waals surface area contributed by atoms with Crippen molar-refractivity contribution in [1.29, 1.82) is 0 Å². The average molecular weight is 228 g/mol. The van der Waals surface area contributed by atoms with Gasteiger partial charge in [0.2, 0.25) is 0 Å². The van der Waals surface area contributed by atoms with Gasteiger partial charge in [0.1, 0.15) is 0 Å². The van der Waals surface area contributed by atoms with Crippen molar-refractivity contribution in [3.8, 4) is 0 Å². The van der Waals surface area contributed by atoms with Crippen LogP contribution in [0.15, 0.2) is 11.0 Å². The van der Waals surface area contributed by atoms with Crippen LogP contribution in [-0.4, -0.2) is 13.0 Å². The van der Waals surface area contributed by atoms with Gasteiger partial charge in [-0.05, 0) is 55.5 Å². The quantitative estimate of drug-likeness (QED) is 0.791. The van der Waals surface area contributed by atoms with Crippen molar-refractivity contribution in [2.45, 2.75) is 39.0 Å². The zero-order valence-corrected chi connectivity index (χ0v) is 10.3. The minimum absolute atomic E-state index is 0.0300. The molecule has 0 atom stereocenters. The Labute approximate surface area is 90.9 Å². The molecule has 0 aliphatic heterocycles. The molecule has 0 amide bonds. The normalized spacial score (nSPS) is 11.8. The van der Waals surface area contributed by atoms with Gasteiger partial charge >= 0.3 is 0 Å². The van der Waals surface area contributed by atoms with Crippen LogP contribution in [0.25, 0.3) is 0 Å². The van der Waals surface area contributed by atoms with E-state index in [1.54, 1.807) is 6.92 Å². The molecule has 1 aromatic rings. The van der Waals surface area contributed by atoms with Crippen LogP contribution < -0.4 is 0 Å². The SMILES string of the molecule is CCc1c(C)c(C)cc(S(=O)(=O)O)c1C. The molecule has 0 saturated carbocycles. The summed E-state index contributed by atoms with van der Waals surface area (Å²) in [5.41, 5.74) is 3.65. The van der Waals surface area contributed by atoms with Gasteiger partial charge in [-0.25, -0.2) is 0 Å². The van der Waals surface area contributed by atoms with E-state index in [-0.39, 0.29) is 4.90 Å². The van der Waals surface area contributed by atoms with E-state index < -0.39 is 10.1 Å². The molecule has 0 aliphatic rings. The topological polar surface area (TPSA) is 54.4 Å². The summed E-state index contributed by atoms with van der Waals surface area (Å²) in [5.74, 6) is 0. The van der Waals surface area contributed by atoms with E-state index in [1.165, 1.54) is 6.07 Å². The van der Waals surface area contributed by atoms with Crippen molar-refractivity contribution in [2.24, 2.45) is 0 Å².